The molecule has 3 nitrogen and oxygen atoms in total. The summed E-state index contributed by atoms with van der Waals surface area (Å²) in [6.07, 6.45) is 1.37. The first kappa shape index (κ1) is 18.2. The Labute approximate surface area is 145 Å². The third-order valence-electron chi connectivity index (χ3n) is 4.48. The van der Waals surface area contributed by atoms with Crippen LogP contribution in [0.3, 0.4) is 0 Å². The second-order valence-corrected chi connectivity index (χ2v) is 6.10. The van der Waals surface area contributed by atoms with Gasteiger partial charge in [0.2, 0.25) is 0 Å². The molecule has 0 heterocycles. The van der Waals surface area contributed by atoms with E-state index in [-0.39, 0.29) is 12.1 Å². The average molecular weight is 322 g/mol. The summed E-state index contributed by atoms with van der Waals surface area (Å²) in [6.45, 7) is 3.44. The van der Waals surface area contributed by atoms with Crippen molar-refractivity contribution in [2.24, 2.45) is 0 Å². The van der Waals surface area contributed by atoms with Crippen LogP contribution in [0.5, 0.6) is 0 Å². The number of ether oxygens (including phenoxy) is 1. The molecule has 0 aliphatic rings. The van der Waals surface area contributed by atoms with Crippen LogP contribution in [0.4, 0.5) is 0 Å². The molecule has 2 atom stereocenters. The van der Waals surface area contributed by atoms with Crippen LogP contribution in [0, 0.1) is 11.3 Å². The Bertz CT molecular complexity index is 621. The number of hydrogen-bond acceptors (Lipinski definition) is 3. The van der Waals surface area contributed by atoms with Gasteiger partial charge < -0.3 is 4.74 Å². The average Bonchev–Trinajstić information content (AvgIpc) is 2.65. The number of hydrogen-bond donors (Lipinski definition) is 0. The molecule has 0 saturated carbocycles. The highest BCUT2D eigenvalue weighted by Gasteiger charge is 2.21. The molecule has 2 rings (SSSR count). The first-order chi connectivity index (χ1) is 11.7. The number of likely N-dealkylation sites (N-methyl/N-ethyl adjacent to an activating group) is 1. The predicted octanol–water partition coefficient (Wildman–Crippen LogP) is 4.57. The van der Waals surface area contributed by atoms with Crippen LogP contribution in [0.1, 0.15) is 36.9 Å². The molecule has 2 aromatic carbocycles. The molecule has 0 aliphatic carbocycles. The molecule has 0 aliphatic heterocycles. The van der Waals surface area contributed by atoms with Crippen LogP contribution >= 0.6 is 0 Å². The molecule has 0 fully saturated rings. The van der Waals surface area contributed by atoms with Crippen molar-refractivity contribution in [2.75, 3.05) is 13.7 Å². The minimum absolute atomic E-state index is 0.226. The van der Waals surface area contributed by atoms with Crippen molar-refractivity contribution in [3.63, 3.8) is 0 Å². The highest BCUT2D eigenvalue weighted by Crippen LogP contribution is 2.22. The van der Waals surface area contributed by atoms with Gasteiger partial charge in [0.25, 0.3) is 0 Å². The van der Waals surface area contributed by atoms with E-state index in [0.29, 0.717) is 19.6 Å². The van der Waals surface area contributed by atoms with Gasteiger partial charge in [0.15, 0.2) is 0 Å². The van der Waals surface area contributed by atoms with Gasteiger partial charge in [0.1, 0.15) is 0 Å². The van der Waals surface area contributed by atoms with Crippen LogP contribution in [0.25, 0.3) is 0 Å². The summed E-state index contributed by atoms with van der Waals surface area (Å²) in [5.74, 6) is 0. The number of rotatable bonds is 9. The molecule has 0 bridgehead atoms. The Morgan fingerprint density at radius 1 is 1.04 bits per heavy atom. The molecule has 0 N–H and O–H groups in total. The lowest BCUT2D eigenvalue weighted by atomic mass is 10.0. The summed E-state index contributed by atoms with van der Waals surface area (Å²) in [5.41, 5.74) is 2.46. The first-order valence-corrected chi connectivity index (χ1v) is 8.48. The molecule has 0 saturated heterocycles. The normalized spacial score (nSPS) is 13.4. The molecule has 0 amide bonds. The van der Waals surface area contributed by atoms with E-state index in [1.807, 2.05) is 24.3 Å². The third-order valence-corrected chi connectivity index (χ3v) is 4.48. The minimum atomic E-state index is 0.226. The van der Waals surface area contributed by atoms with Gasteiger partial charge in [-0.15, -0.1) is 0 Å². The predicted molar refractivity (Wildman–Crippen MR) is 97.4 cm³/mol. The summed E-state index contributed by atoms with van der Waals surface area (Å²) < 4.78 is 5.93. The van der Waals surface area contributed by atoms with E-state index in [1.165, 1.54) is 11.1 Å². The summed E-state index contributed by atoms with van der Waals surface area (Å²) >= 11 is 0. The molecule has 0 spiro atoms. The second-order valence-electron chi connectivity index (χ2n) is 6.10. The second kappa shape index (κ2) is 9.87. The summed E-state index contributed by atoms with van der Waals surface area (Å²) in [4.78, 5) is 2.32. The molecule has 126 valence electrons. The fourth-order valence-electron chi connectivity index (χ4n) is 2.81. The highest BCUT2D eigenvalue weighted by molar-refractivity contribution is 5.18. The zero-order chi connectivity index (χ0) is 17.2. The van der Waals surface area contributed by atoms with Crippen molar-refractivity contribution in [2.45, 2.75) is 38.5 Å². The minimum Gasteiger partial charge on any atom is -0.375 e. The van der Waals surface area contributed by atoms with Gasteiger partial charge in [-0.3, -0.25) is 4.90 Å². The van der Waals surface area contributed by atoms with Gasteiger partial charge in [-0.05, 0) is 31.5 Å². The lowest BCUT2D eigenvalue weighted by Gasteiger charge is -2.33. The Morgan fingerprint density at radius 2 is 1.67 bits per heavy atom. The highest BCUT2D eigenvalue weighted by atomic mass is 16.5. The van der Waals surface area contributed by atoms with Gasteiger partial charge in [0, 0.05) is 18.5 Å². The van der Waals surface area contributed by atoms with Crippen LogP contribution in [-0.2, 0) is 11.3 Å². The number of benzene rings is 2. The van der Waals surface area contributed by atoms with Gasteiger partial charge in [-0.1, -0.05) is 60.7 Å². The maximum absolute atomic E-state index is 8.95. The molecular weight excluding hydrogens is 296 g/mol. The molecule has 0 unspecified atom stereocenters. The third kappa shape index (κ3) is 5.49. The van der Waals surface area contributed by atoms with Crippen molar-refractivity contribution >= 4 is 0 Å². The van der Waals surface area contributed by atoms with Crippen LogP contribution in [0.2, 0.25) is 0 Å². The van der Waals surface area contributed by atoms with Crippen molar-refractivity contribution in [3.05, 3.63) is 71.8 Å². The van der Waals surface area contributed by atoms with Crippen molar-refractivity contribution in [1.29, 1.82) is 5.26 Å². The van der Waals surface area contributed by atoms with E-state index in [1.54, 1.807) is 0 Å². The van der Waals surface area contributed by atoms with E-state index >= 15 is 0 Å². The Balaban J connectivity index is 1.94. The quantitative estimate of drug-likeness (QED) is 0.678. The fraction of sp³-hybridized carbons (Fsp3) is 0.381. The van der Waals surface area contributed by atoms with Gasteiger partial charge in [0.05, 0.1) is 19.3 Å². The number of nitriles is 1. The van der Waals surface area contributed by atoms with E-state index < -0.39 is 0 Å². The molecule has 24 heavy (non-hydrogen) atoms. The zero-order valence-corrected chi connectivity index (χ0v) is 14.6. The van der Waals surface area contributed by atoms with Crippen LogP contribution in [-0.4, -0.2) is 24.6 Å². The van der Waals surface area contributed by atoms with E-state index in [0.717, 1.165) is 6.42 Å². The van der Waals surface area contributed by atoms with E-state index in [9.17, 15) is 0 Å². The summed E-state index contributed by atoms with van der Waals surface area (Å²) in [5, 5.41) is 8.95. The molecular formula is C21H26N2O. The summed E-state index contributed by atoms with van der Waals surface area (Å²) in [6, 6.07) is 23.4. The Morgan fingerprint density at radius 3 is 2.29 bits per heavy atom. The van der Waals surface area contributed by atoms with E-state index in [2.05, 4.69) is 61.3 Å². The topological polar surface area (TPSA) is 36.3 Å². The summed E-state index contributed by atoms with van der Waals surface area (Å²) in [7, 11) is 2.12. The number of nitrogens with zero attached hydrogens (tertiary/aromatic N) is 2. The van der Waals surface area contributed by atoms with Crippen molar-refractivity contribution in [1.82, 2.24) is 4.90 Å². The molecule has 0 radical (unpaired) electrons. The SMILES string of the molecule is C[C@@H](c1ccccc1)N(C)[C@@H](CCC#N)COCc1ccccc1. The first-order valence-electron chi connectivity index (χ1n) is 8.48. The Hall–Kier alpha value is -2.15. The lowest BCUT2D eigenvalue weighted by molar-refractivity contribution is 0.0431. The monoisotopic (exact) mass is 322 g/mol. The lowest BCUT2D eigenvalue weighted by Crippen LogP contribution is -2.37. The zero-order valence-electron chi connectivity index (χ0n) is 14.6. The van der Waals surface area contributed by atoms with Crippen molar-refractivity contribution < 1.29 is 4.74 Å². The fourth-order valence-corrected chi connectivity index (χ4v) is 2.81. The molecule has 3 heteroatoms. The molecule has 2 aromatic rings. The van der Waals surface area contributed by atoms with Crippen LogP contribution < -0.4 is 0 Å². The largest absolute Gasteiger partial charge is 0.375 e. The van der Waals surface area contributed by atoms with Gasteiger partial charge >= 0.3 is 0 Å². The molecule has 0 aromatic heterocycles. The maximum atomic E-state index is 8.95. The van der Waals surface area contributed by atoms with E-state index in [4.69, 9.17) is 10.00 Å². The maximum Gasteiger partial charge on any atom is 0.0717 e. The standard InChI is InChI=1S/C21H26N2O/c1-18(20-12-7-4-8-13-20)23(2)21(14-9-15-22)17-24-16-19-10-5-3-6-11-19/h3-8,10-13,18,21H,9,14,16-17H2,1-2H3/t18-,21-/m0/s1. The smallest absolute Gasteiger partial charge is 0.0717 e. The van der Waals surface area contributed by atoms with Crippen molar-refractivity contribution in [3.8, 4) is 6.07 Å². The Kier molecular flexibility index (Phi) is 7.48. The van der Waals surface area contributed by atoms with Gasteiger partial charge in [-0.2, -0.15) is 5.26 Å². The van der Waals surface area contributed by atoms with Crippen LogP contribution in [0.15, 0.2) is 60.7 Å². The van der Waals surface area contributed by atoms with Gasteiger partial charge in [-0.25, -0.2) is 0 Å².